The largest absolute Gasteiger partial charge is 0.490 e. The second-order valence-corrected chi connectivity index (χ2v) is 7.36. The van der Waals surface area contributed by atoms with Crippen molar-refractivity contribution in [2.45, 2.75) is 20.0 Å². The standard InChI is InChI=1S/C16H16BrN3O3S2/c1-9(2)23-12-6-5-10(8-11(12)17)14(21)18-16(24)20-19-15(22)13-4-3-7-25-13/h3-9H,1-2H3,(H,19,22)(H2,18,20,21,24). The highest BCUT2D eigenvalue weighted by Gasteiger charge is 2.12. The predicted octanol–water partition coefficient (Wildman–Crippen LogP) is 3.25. The Morgan fingerprint density at radius 1 is 1.20 bits per heavy atom. The van der Waals surface area contributed by atoms with Gasteiger partial charge in [-0.3, -0.25) is 25.8 Å². The highest BCUT2D eigenvalue weighted by atomic mass is 79.9. The molecule has 3 N–H and O–H groups in total. The monoisotopic (exact) mass is 441 g/mol. The molecule has 0 aliphatic rings. The van der Waals surface area contributed by atoms with Crippen molar-refractivity contribution in [3.63, 3.8) is 0 Å². The molecule has 2 amide bonds. The first-order chi connectivity index (χ1) is 11.9. The van der Waals surface area contributed by atoms with Gasteiger partial charge in [0.05, 0.1) is 15.5 Å². The summed E-state index contributed by atoms with van der Waals surface area (Å²) in [6.45, 7) is 3.84. The number of carbonyl (C=O) groups is 2. The molecule has 0 saturated carbocycles. The van der Waals surface area contributed by atoms with E-state index in [0.29, 0.717) is 20.7 Å². The molecule has 0 spiro atoms. The molecule has 6 nitrogen and oxygen atoms in total. The first kappa shape index (κ1) is 19.4. The van der Waals surface area contributed by atoms with Crippen molar-refractivity contribution in [1.29, 1.82) is 0 Å². The molecule has 0 atom stereocenters. The molecule has 0 unspecified atom stereocenters. The fourth-order valence-electron chi connectivity index (χ4n) is 1.78. The van der Waals surface area contributed by atoms with Gasteiger partial charge in [0.15, 0.2) is 5.11 Å². The third-order valence-corrected chi connectivity index (χ3v) is 4.51. The molecule has 1 aromatic carbocycles. The second-order valence-electron chi connectivity index (χ2n) is 5.15. The zero-order chi connectivity index (χ0) is 18.4. The molecule has 0 aliphatic carbocycles. The van der Waals surface area contributed by atoms with Crippen LogP contribution >= 0.6 is 39.5 Å². The Balaban J connectivity index is 1.89. The highest BCUT2D eigenvalue weighted by Crippen LogP contribution is 2.26. The van der Waals surface area contributed by atoms with Crippen molar-refractivity contribution in [3.05, 3.63) is 50.6 Å². The summed E-state index contributed by atoms with van der Waals surface area (Å²) in [5, 5.41) is 4.28. The minimum atomic E-state index is -0.403. The van der Waals surface area contributed by atoms with Crippen molar-refractivity contribution in [3.8, 4) is 5.75 Å². The minimum absolute atomic E-state index is 0.00599. The van der Waals surface area contributed by atoms with Crippen molar-refractivity contribution in [2.24, 2.45) is 0 Å². The Labute approximate surface area is 163 Å². The van der Waals surface area contributed by atoms with E-state index in [9.17, 15) is 9.59 Å². The van der Waals surface area contributed by atoms with Gasteiger partial charge in [-0.05, 0) is 71.6 Å². The van der Waals surface area contributed by atoms with Crippen molar-refractivity contribution >= 4 is 56.4 Å². The number of nitrogens with one attached hydrogen (secondary N) is 3. The first-order valence-corrected chi connectivity index (χ1v) is 9.36. The molecule has 9 heteroatoms. The lowest BCUT2D eigenvalue weighted by atomic mass is 10.2. The van der Waals surface area contributed by atoms with Gasteiger partial charge >= 0.3 is 0 Å². The number of benzene rings is 1. The molecule has 0 bridgehead atoms. The number of ether oxygens (including phenoxy) is 1. The fourth-order valence-corrected chi connectivity index (χ4v) is 3.02. The number of rotatable bonds is 4. The van der Waals surface area contributed by atoms with Crippen LogP contribution in [-0.2, 0) is 0 Å². The summed E-state index contributed by atoms with van der Waals surface area (Å²) >= 11 is 9.68. The van der Waals surface area contributed by atoms with Gasteiger partial charge in [-0.15, -0.1) is 11.3 Å². The molecule has 0 fully saturated rings. The Bertz CT molecular complexity index is 779. The summed E-state index contributed by atoms with van der Waals surface area (Å²) in [5.74, 6) is -0.0836. The summed E-state index contributed by atoms with van der Waals surface area (Å²) in [5.41, 5.74) is 5.31. The molecular weight excluding hydrogens is 426 g/mol. The van der Waals surface area contributed by atoms with Gasteiger partial charge in [-0.1, -0.05) is 6.07 Å². The highest BCUT2D eigenvalue weighted by molar-refractivity contribution is 9.10. The summed E-state index contributed by atoms with van der Waals surface area (Å²) in [6, 6.07) is 8.42. The zero-order valence-electron chi connectivity index (χ0n) is 13.5. The zero-order valence-corrected chi connectivity index (χ0v) is 16.7. The van der Waals surface area contributed by atoms with Crippen molar-refractivity contribution in [1.82, 2.24) is 16.2 Å². The lowest BCUT2D eigenvalue weighted by molar-refractivity contribution is 0.0938. The maximum absolute atomic E-state index is 12.2. The van der Waals surface area contributed by atoms with Crippen LogP contribution in [0.4, 0.5) is 0 Å². The summed E-state index contributed by atoms with van der Waals surface area (Å²) in [4.78, 5) is 24.5. The molecule has 2 aromatic rings. The van der Waals surface area contributed by atoms with Gasteiger partial charge < -0.3 is 4.74 Å². The molecule has 1 heterocycles. The van der Waals surface area contributed by atoms with Crippen LogP contribution in [0.25, 0.3) is 0 Å². The normalized spacial score (nSPS) is 10.2. The van der Waals surface area contributed by atoms with E-state index in [4.69, 9.17) is 17.0 Å². The Kier molecular flexibility index (Phi) is 6.91. The molecule has 25 heavy (non-hydrogen) atoms. The molecule has 2 rings (SSSR count). The van der Waals surface area contributed by atoms with Crippen LogP contribution in [0.2, 0.25) is 0 Å². The van der Waals surface area contributed by atoms with E-state index in [-0.39, 0.29) is 17.1 Å². The van der Waals surface area contributed by atoms with Crippen molar-refractivity contribution < 1.29 is 14.3 Å². The number of hydrogen-bond acceptors (Lipinski definition) is 5. The maximum Gasteiger partial charge on any atom is 0.279 e. The van der Waals surface area contributed by atoms with Gasteiger partial charge in [0.2, 0.25) is 0 Å². The van der Waals surface area contributed by atoms with Crippen LogP contribution in [0.1, 0.15) is 33.9 Å². The third-order valence-electron chi connectivity index (χ3n) is 2.82. The lowest BCUT2D eigenvalue weighted by Gasteiger charge is -2.13. The predicted molar refractivity (Wildman–Crippen MR) is 105 cm³/mol. The average Bonchev–Trinajstić information content (AvgIpc) is 3.08. The minimum Gasteiger partial charge on any atom is -0.490 e. The van der Waals surface area contributed by atoms with Gasteiger partial charge in [-0.2, -0.15) is 0 Å². The van der Waals surface area contributed by atoms with Crippen LogP contribution < -0.4 is 20.9 Å². The third kappa shape index (κ3) is 5.80. The lowest BCUT2D eigenvalue weighted by Crippen LogP contribution is -2.48. The van der Waals surface area contributed by atoms with Crippen LogP contribution in [0.3, 0.4) is 0 Å². The van der Waals surface area contributed by atoms with E-state index in [1.165, 1.54) is 11.3 Å². The van der Waals surface area contributed by atoms with Crippen LogP contribution in [0.5, 0.6) is 5.75 Å². The summed E-state index contributed by atoms with van der Waals surface area (Å²) < 4.78 is 6.26. The topological polar surface area (TPSA) is 79.5 Å². The first-order valence-electron chi connectivity index (χ1n) is 7.28. The molecular formula is C16H16BrN3O3S2. The molecule has 132 valence electrons. The van der Waals surface area contributed by atoms with E-state index < -0.39 is 5.91 Å². The number of thiocarbonyl (C=S) groups is 1. The molecule has 0 radical (unpaired) electrons. The van der Waals surface area contributed by atoms with E-state index >= 15 is 0 Å². The Hall–Kier alpha value is -1.97. The average molecular weight is 442 g/mol. The SMILES string of the molecule is CC(C)Oc1ccc(C(=O)NC(=S)NNC(=O)c2cccs2)cc1Br. The van der Waals surface area contributed by atoms with E-state index in [2.05, 4.69) is 32.1 Å². The Morgan fingerprint density at radius 3 is 2.56 bits per heavy atom. The van der Waals surface area contributed by atoms with Gasteiger partial charge in [0, 0.05) is 5.56 Å². The quantitative estimate of drug-likeness (QED) is 0.501. The number of thiophene rings is 1. The molecule has 1 aromatic heterocycles. The number of hydrogen-bond donors (Lipinski definition) is 3. The molecule has 0 saturated heterocycles. The van der Waals surface area contributed by atoms with E-state index in [0.717, 1.165) is 0 Å². The van der Waals surface area contributed by atoms with Gasteiger partial charge in [0.25, 0.3) is 11.8 Å². The van der Waals surface area contributed by atoms with Gasteiger partial charge in [0.1, 0.15) is 5.75 Å². The van der Waals surface area contributed by atoms with E-state index in [1.807, 2.05) is 13.8 Å². The van der Waals surface area contributed by atoms with Crippen molar-refractivity contribution in [2.75, 3.05) is 0 Å². The number of hydrazine groups is 1. The summed E-state index contributed by atoms with van der Waals surface area (Å²) in [7, 11) is 0. The maximum atomic E-state index is 12.2. The molecule has 0 aliphatic heterocycles. The Morgan fingerprint density at radius 2 is 1.96 bits per heavy atom. The second kappa shape index (κ2) is 8.93. The smallest absolute Gasteiger partial charge is 0.279 e. The van der Waals surface area contributed by atoms with Gasteiger partial charge in [-0.25, -0.2) is 0 Å². The fraction of sp³-hybridized carbons (Fsp3) is 0.188. The van der Waals surface area contributed by atoms with Crippen LogP contribution in [0.15, 0.2) is 40.2 Å². The number of carbonyl (C=O) groups excluding carboxylic acids is 2. The van der Waals surface area contributed by atoms with Crippen LogP contribution in [-0.4, -0.2) is 23.0 Å². The number of halogens is 1. The van der Waals surface area contributed by atoms with E-state index in [1.54, 1.807) is 35.7 Å². The van der Waals surface area contributed by atoms with Crippen LogP contribution in [0, 0.1) is 0 Å². The number of amides is 2. The summed E-state index contributed by atoms with van der Waals surface area (Å²) in [6.07, 6.45) is 0.0275.